The topological polar surface area (TPSA) is 45.5 Å². The minimum absolute atomic E-state index is 0.605. The van der Waals surface area contributed by atoms with E-state index in [1.54, 1.807) is 10.7 Å². The maximum absolute atomic E-state index is 4.52. The highest BCUT2D eigenvalue weighted by Gasteiger charge is 2.26. The van der Waals surface area contributed by atoms with Gasteiger partial charge in [0.2, 0.25) is 0 Å². The average Bonchev–Trinajstić information content (AvgIpc) is 2.63. The SMILES string of the molecule is CNC1CN(c2ccn3nccc3n2)C1. The van der Waals surface area contributed by atoms with Gasteiger partial charge in [0, 0.05) is 31.4 Å². The minimum Gasteiger partial charge on any atom is -0.353 e. The van der Waals surface area contributed by atoms with Gasteiger partial charge in [-0.1, -0.05) is 0 Å². The number of anilines is 1. The summed E-state index contributed by atoms with van der Waals surface area (Å²) in [5.41, 5.74) is 0.903. The molecule has 0 amide bonds. The summed E-state index contributed by atoms with van der Waals surface area (Å²) < 4.78 is 1.78. The fourth-order valence-electron chi connectivity index (χ4n) is 1.83. The number of likely N-dealkylation sites (N-methyl/N-ethyl adjacent to an activating group) is 1. The van der Waals surface area contributed by atoms with Gasteiger partial charge in [0.15, 0.2) is 5.65 Å². The summed E-state index contributed by atoms with van der Waals surface area (Å²) in [5.74, 6) is 1.04. The molecule has 0 saturated carbocycles. The highest BCUT2D eigenvalue weighted by Crippen LogP contribution is 2.18. The molecule has 78 valence electrons. The Morgan fingerprint density at radius 1 is 1.40 bits per heavy atom. The molecule has 0 aromatic carbocycles. The standard InChI is InChI=1S/C10H13N5/c1-11-8-6-14(7-8)9-3-5-15-10(13-9)2-4-12-15/h2-5,8,11H,6-7H2,1H3. The van der Waals surface area contributed by atoms with Gasteiger partial charge in [0.1, 0.15) is 5.82 Å². The van der Waals surface area contributed by atoms with Crippen molar-refractivity contribution in [3.8, 4) is 0 Å². The first kappa shape index (κ1) is 8.67. The predicted octanol–water partition coefficient (Wildman–Crippen LogP) is 0.137. The molecule has 3 rings (SSSR count). The van der Waals surface area contributed by atoms with Crippen LogP contribution >= 0.6 is 0 Å². The Hall–Kier alpha value is -1.62. The van der Waals surface area contributed by atoms with E-state index in [-0.39, 0.29) is 0 Å². The van der Waals surface area contributed by atoms with E-state index in [4.69, 9.17) is 0 Å². The third kappa shape index (κ3) is 1.35. The number of aromatic nitrogens is 3. The van der Waals surface area contributed by atoms with Gasteiger partial charge in [-0.15, -0.1) is 0 Å². The van der Waals surface area contributed by atoms with Crippen LogP contribution in [0.1, 0.15) is 0 Å². The fourth-order valence-corrected chi connectivity index (χ4v) is 1.83. The normalized spacial score (nSPS) is 17.0. The van der Waals surface area contributed by atoms with Crippen LogP contribution < -0.4 is 10.2 Å². The summed E-state index contributed by atoms with van der Waals surface area (Å²) in [4.78, 5) is 6.78. The molecule has 0 unspecified atom stereocenters. The van der Waals surface area contributed by atoms with Gasteiger partial charge in [-0.2, -0.15) is 5.10 Å². The number of rotatable bonds is 2. The van der Waals surface area contributed by atoms with Crippen LogP contribution in [0.15, 0.2) is 24.5 Å². The molecule has 1 N–H and O–H groups in total. The van der Waals surface area contributed by atoms with Crippen molar-refractivity contribution in [3.63, 3.8) is 0 Å². The van der Waals surface area contributed by atoms with Crippen LogP contribution in [-0.2, 0) is 0 Å². The van der Waals surface area contributed by atoms with Crippen molar-refractivity contribution in [2.75, 3.05) is 25.0 Å². The minimum atomic E-state index is 0.605. The van der Waals surface area contributed by atoms with Crippen molar-refractivity contribution in [1.29, 1.82) is 0 Å². The highest BCUT2D eigenvalue weighted by molar-refractivity contribution is 5.49. The van der Waals surface area contributed by atoms with Crippen LogP contribution in [0.4, 0.5) is 5.82 Å². The number of hydrogen-bond acceptors (Lipinski definition) is 4. The molecule has 1 aliphatic heterocycles. The van der Waals surface area contributed by atoms with E-state index < -0.39 is 0 Å². The summed E-state index contributed by atoms with van der Waals surface area (Å²) in [6.07, 6.45) is 3.71. The molecular weight excluding hydrogens is 190 g/mol. The van der Waals surface area contributed by atoms with Gasteiger partial charge in [0.05, 0.1) is 6.20 Å². The van der Waals surface area contributed by atoms with Gasteiger partial charge in [-0.3, -0.25) is 0 Å². The van der Waals surface area contributed by atoms with Crippen LogP contribution in [-0.4, -0.2) is 40.8 Å². The molecule has 0 aliphatic carbocycles. The molecule has 5 nitrogen and oxygen atoms in total. The zero-order valence-corrected chi connectivity index (χ0v) is 8.59. The Bertz CT molecular complexity index is 471. The summed E-state index contributed by atoms with van der Waals surface area (Å²) in [5, 5.41) is 7.36. The molecule has 0 bridgehead atoms. The van der Waals surface area contributed by atoms with Crippen molar-refractivity contribution in [1.82, 2.24) is 19.9 Å². The lowest BCUT2D eigenvalue weighted by Crippen LogP contribution is -2.57. The Morgan fingerprint density at radius 2 is 2.27 bits per heavy atom. The fraction of sp³-hybridized carbons (Fsp3) is 0.400. The number of hydrogen-bond donors (Lipinski definition) is 1. The summed E-state index contributed by atoms with van der Waals surface area (Å²) in [6.45, 7) is 2.07. The molecule has 2 aromatic heterocycles. The third-order valence-electron chi connectivity index (χ3n) is 2.86. The summed E-state index contributed by atoms with van der Waals surface area (Å²) in [7, 11) is 2.00. The van der Waals surface area contributed by atoms with Gasteiger partial charge in [-0.25, -0.2) is 9.50 Å². The average molecular weight is 203 g/mol. The van der Waals surface area contributed by atoms with E-state index in [0.29, 0.717) is 6.04 Å². The molecule has 1 saturated heterocycles. The molecule has 0 atom stereocenters. The predicted molar refractivity (Wildman–Crippen MR) is 58.0 cm³/mol. The van der Waals surface area contributed by atoms with Crippen LogP contribution in [0.2, 0.25) is 0 Å². The van der Waals surface area contributed by atoms with E-state index in [1.807, 2.05) is 25.4 Å². The van der Waals surface area contributed by atoms with E-state index in [0.717, 1.165) is 24.6 Å². The first-order chi connectivity index (χ1) is 7.36. The monoisotopic (exact) mass is 203 g/mol. The van der Waals surface area contributed by atoms with Crippen molar-refractivity contribution >= 4 is 11.5 Å². The van der Waals surface area contributed by atoms with Crippen molar-refractivity contribution in [2.24, 2.45) is 0 Å². The highest BCUT2D eigenvalue weighted by atomic mass is 15.3. The van der Waals surface area contributed by atoms with Crippen LogP contribution in [0, 0.1) is 0 Å². The number of fused-ring (bicyclic) bond motifs is 1. The lowest BCUT2D eigenvalue weighted by molar-refractivity contribution is 0.447. The molecule has 0 spiro atoms. The smallest absolute Gasteiger partial charge is 0.157 e. The molecule has 5 heteroatoms. The maximum atomic E-state index is 4.52. The summed E-state index contributed by atoms with van der Waals surface area (Å²) in [6, 6.07) is 4.53. The van der Waals surface area contributed by atoms with Gasteiger partial charge >= 0.3 is 0 Å². The quantitative estimate of drug-likeness (QED) is 0.754. The first-order valence-electron chi connectivity index (χ1n) is 5.09. The zero-order valence-electron chi connectivity index (χ0n) is 8.59. The van der Waals surface area contributed by atoms with Gasteiger partial charge in [-0.05, 0) is 13.1 Å². The van der Waals surface area contributed by atoms with E-state index in [1.165, 1.54) is 0 Å². The van der Waals surface area contributed by atoms with Crippen LogP contribution in [0.25, 0.3) is 5.65 Å². The molecule has 3 heterocycles. The second kappa shape index (κ2) is 3.20. The molecular formula is C10H13N5. The molecule has 15 heavy (non-hydrogen) atoms. The zero-order chi connectivity index (χ0) is 10.3. The number of nitrogens with zero attached hydrogens (tertiary/aromatic N) is 4. The van der Waals surface area contributed by atoms with Crippen molar-refractivity contribution < 1.29 is 0 Å². The second-order valence-corrected chi connectivity index (χ2v) is 3.81. The summed E-state index contributed by atoms with van der Waals surface area (Å²) >= 11 is 0. The lowest BCUT2D eigenvalue weighted by Gasteiger charge is -2.39. The van der Waals surface area contributed by atoms with Crippen molar-refractivity contribution in [3.05, 3.63) is 24.5 Å². The molecule has 1 fully saturated rings. The van der Waals surface area contributed by atoms with Gasteiger partial charge < -0.3 is 10.2 Å². The van der Waals surface area contributed by atoms with Gasteiger partial charge in [0.25, 0.3) is 0 Å². The lowest BCUT2D eigenvalue weighted by atomic mass is 10.1. The Morgan fingerprint density at radius 3 is 3.07 bits per heavy atom. The Balaban J connectivity index is 1.86. The second-order valence-electron chi connectivity index (χ2n) is 3.81. The maximum Gasteiger partial charge on any atom is 0.157 e. The van der Waals surface area contributed by atoms with Crippen LogP contribution in [0.5, 0.6) is 0 Å². The van der Waals surface area contributed by atoms with Crippen molar-refractivity contribution in [2.45, 2.75) is 6.04 Å². The third-order valence-corrected chi connectivity index (χ3v) is 2.86. The Kier molecular flexibility index (Phi) is 1.85. The first-order valence-corrected chi connectivity index (χ1v) is 5.09. The Labute approximate surface area is 87.7 Å². The largest absolute Gasteiger partial charge is 0.353 e. The number of nitrogens with one attached hydrogen (secondary N) is 1. The molecule has 2 aromatic rings. The van der Waals surface area contributed by atoms with E-state index >= 15 is 0 Å². The molecule has 0 radical (unpaired) electrons. The van der Waals surface area contributed by atoms with E-state index in [2.05, 4.69) is 20.3 Å². The van der Waals surface area contributed by atoms with Crippen LogP contribution in [0.3, 0.4) is 0 Å². The van der Waals surface area contributed by atoms with E-state index in [9.17, 15) is 0 Å². The molecule has 1 aliphatic rings.